The molecule has 4 N–H and O–H groups in total. The molecule has 50 heavy (non-hydrogen) atoms. The molecule has 0 saturated carbocycles. The summed E-state index contributed by atoms with van der Waals surface area (Å²) in [5.41, 5.74) is 1.32. The first-order valence-corrected chi connectivity index (χ1v) is 19.0. The van der Waals surface area contributed by atoms with Crippen LogP contribution in [0.4, 0.5) is 0 Å². The highest BCUT2D eigenvalue weighted by Gasteiger charge is 2.31. The van der Waals surface area contributed by atoms with E-state index >= 15 is 0 Å². The van der Waals surface area contributed by atoms with Gasteiger partial charge in [-0.1, -0.05) is 68.8 Å². The van der Waals surface area contributed by atoms with Gasteiger partial charge in [0.25, 0.3) is 0 Å². The summed E-state index contributed by atoms with van der Waals surface area (Å²) in [5.74, 6) is 1.46. The van der Waals surface area contributed by atoms with Crippen molar-refractivity contribution < 1.29 is 24.2 Å². The van der Waals surface area contributed by atoms with Gasteiger partial charge in [-0.2, -0.15) is 11.4 Å². The molecule has 0 aliphatic heterocycles. The first-order chi connectivity index (χ1) is 23.8. The van der Waals surface area contributed by atoms with Crippen molar-refractivity contribution in [2.24, 2.45) is 17.3 Å². The number of benzene rings is 1. The molecule has 2 rings (SSSR count). The van der Waals surface area contributed by atoms with E-state index in [1.165, 1.54) is 6.92 Å². The van der Waals surface area contributed by atoms with E-state index in [9.17, 15) is 14.7 Å². The Morgan fingerprint density at radius 2 is 1.94 bits per heavy atom. The van der Waals surface area contributed by atoms with Crippen LogP contribution in [0.3, 0.4) is 0 Å². The quantitative estimate of drug-likeness (QED) is 0.0316. The molecule has 4 atom stereocenters. The Balaban J connectivity index is 1.97. The molecule has 0 bridgehead atoms. The SMILES string of the molecule is COc1ccc(C[C@H](CNCC(C)(C)C(=O)O[C@H](C=[SH]CCNC(C)=O)CC(C)C)NC/C=C/C[C@H](O)[C@H](C)/C=C/c2cccnc2)cc1Cl. The minimum absolute atomic E-state index is 0.00667. The summed E-state index contributed by atoms with van der Waals surface area (Å²) in [7, 11) is 1.60. The molecule has 1 aromatic carbocycles. The standard InChI is InChI=1S/C39H59ClN4O5S/c1-28(2)21-34(26-50-20-19-43-30(4)45)49-38(47)39(5,6)27-42-25-33(22-32-15-16-37(48-7)35(40)23-32)44-18-9-8-12-36(46)29(3)13-14-31-11-10-17-41-24-31/h8-11,13-17,23-24,26,28-29,33-34,36,42,44,46,50H,12,18-22,25,27H2,1-7H3,(H,43,45)/b9-8+,14-13+/t29-,33-,34+,36+/m1/s1. The van der Waals surface area contributed by atoms with Crippen LogP contribution >= 0.6 is 23.0 Å². The Morgan fingerprint density at radius 3 is 2.60 bits per heavy atom. The van der Waals surface area contributed by atoms with Crippen molar-refractivity contribution in [3.63, 3.8) is 0 Å². The zero-order valence-corrected chi connectivity index (χ0v) is 32.5. The van der Waals surface area contributed by atoms with Crippen LogP contribution in [0.2, 0.25) is 5.02 Å². The number of nitrogens with one attached hydrogen (secondary N) is 3. The van der Waals surface area contributed by atoms with Gasteiger partial charge in [-0.3, -0.25) is 14.6 Å². The van der Waals surface area contributed by atoms with Crippen LogP contribution in [0.5, 0.6) is 5.75 Å². The number of carbonyl (C=O) groups excluding carboxylic acids is 2. The molecule has 0 unspecified atom stereocenters. The van der Waals surface area contributed by atoms with Gasteiger partial charge < -0.3 is 30.5 Å². The van der Waals surface area contributed by atoms with E-state index < -0.39 is 11.5 Å². The van der Waals surface area contributed by atoms with Gasteiger partial charge in [0.1, 0.15) is 11.9 Å². The smallest absolute Gasteiger partial charge is 0.313 e. The van der Waals surface area contributed by atoms with Crippen LogP contribution in [0.15, 0.2) is 61.0 Å². The Hall–Kier alpha value is -3.02. The van der Waals surface area contributed by atoms with Gasteiger partial charge in [-0.05, 0) is 73.7 Å². The highest BCUT2D eigenvalue weighted by atomic mass is 35.5. The number of carbonyl (C=O) groups is 2. The normalized spacial score (nSPS) is 14.8. The molecular weight excluding hydrogens is 672 g/mol. The Kier molecular flexibility index (Phi) is 20.2. The molecule has 9 nitrogen and oxygen atoms in total. The minimum atomic E-state index is -0.748. The number of pyridine rings is 1. The van der Waals surface area contributed by atoms with Gasteiger partial charge in [0, 0.05) is 63.2 Å². The fourth-order valence-electron chi connectivity index (χ4n) is 4.99. The number of aliphatic hydroxyl groups is 1. The number of halogens is 1. The highest BCUT2D eigenvalue weighted by molar-refractivity contribution is 7.97. The first kappa shape index (κ1) is 43.1. The van der Waals surface area contributed by atoms with E-state index in [0.717, 1.165) is 34.7 Å². The Labute approximate surface area is 308 Å². The summed E-state index contributed by atoms with van der Waals surface area (Å²) < 4.78 is 11.3. The second-order valence-corrected chi connectivity index (χ2v) is 15.2. The third kappa shape index (κ3) is 17.8. The summed E-state index contributed by atoms with van der Waals surface area (Å²) in [6.45, 7) is 13.8. The molecule has 1 amide bonds. The number of ether oxygens (including phenoxy) is 2. The molecule has 0 aliphatic rings. The summed E-state index contributed by atoms with van der Waals surface area (Å²) in [4.78, 5) is 28.6. The number of rotatable bonds is 23. The molecular formula is C39H59ClN4O5S. The van der Waals surface area contributed by atoms with Crippen LogP contribution in [0.25, 0.3) is 6.08 Å². The van der Waals surface area contributed by atoms with Gasteiger partial charge in [-0.15, -0.1) is 0 Å². The van der Waals surface area contributed by atoms with Crippen molar-refractivity contribution in [2.45, 2.75) is 79.1 Å². The number of nitrogens with zero attached hydrogens (tertiary/aromatic N) is 1. The van der Waals surface area contributed by atoms with Crippen LogP contribution in [0, 0.1) is 17.3 Å². The number of aromatic nitrogens is 1. The lowest BCUT2D eigenvalue weighted by Gasteiger charge is -2.27. The highest BCUT2D eigenvalue weighted by Crippen LogP contribution is 2.25. The van der Waals surface area contributed by atoms with E-state index in [2.05, 4.69) is 34.8 Å². The second kappa shape index (κ2) is 23.5. The van der Waals surface area contributed by atoms with Crippen LogP contribution < -0.4 is 20.7 Å². The number of thiol groups is 1. The average molecular weight is 731 g/mol. The first-order valence-electron chi connectivity index (χ1n) is 17.4. The van der Waals surface area contributed by atoms with Gasteiger partial charge in [0.15, 0.2) is 0 Å². The molecule has 1 heterocycles. The molecule has 0 fully saturated rings. The van der Waals surface area contributed by atoms with E-state index in [4.69, 9.17) is 21.1 Å². The van der Waals surface area contributed by atoms with E-state index in [1.807, 2.05) is 80.8 Å². The molecule has 278 valence electrons. The second-order valence-electron chi connectivity index (χ2n) is 13.7. The zero-order chi connectivity index (χ0) is 36.9. The van der Waals surface area contributed by atoms with Crippen LogP contribution in [-0.4, -0.2) is 84.6 Å². The van der Waals surface area contributed by atoms with Gasteiger partial charge >= 0.3 is 5.97 Å². The lowest BCUT2D eigenvalue weighted by Crippen LogP contribution is -2.45. The van der Waals surface area contributed by atoms with Crippen molar-refractivity contribution >= 4 is 46.3 Å². The predicted octanol–water partition coefficient (Wildman–Crippen LogP) is 5.88. The third-order valence-electron chi connectivity index (χ3n) is 8.01. The number of hydrogen-bond donors (Lipinski definition) is 5. The van der Waals surface area contributed by atoms with E-state index in [0.29, 0.717) is 55.7 Å². The largest absolute Gasteiger partial charge is 0.495 e. The number of esters is 1. The maximum absolute atomic E-state index is 13.3. The molecule has 0 aliphatic carbocycles. The number of hydrogen-bond acceptors (Lipinski definition) is 8. The lowest BCUT2D eigenvalue weighted by molar-refractivity contribution is -0.156. The number of amides is 1. The van der Waals surface area contributed by atoms with Crippen molar-refractivity contribution in [1.29, 1.82) is 0 Å². The fourth-order valence-corrected chi connectivity index (χ4v) is 6.08. The number of methoxy groups -OCH3 is 1. The van der Waals surface area contributed by atoms with Gasteiger partial charge in [0.2, 0.25) is 5.91 Å². The summed E-state index contributed by atoms with van der Waals surface area (Å²) in [6, 6.07) is 9.71. The van der Waals surface area contributed by atoms with Crippen LogP contribution in [0.1, 0.15) is 65.5 Å². The maximum atomic E-state index is 13.3. The lowest BCUT2D eigenvalue weighted by atomic mass is 9.93. The van der Waals surface area contributed by atoms with Crippen molar-refractivity contribution in [1.82, 2.24) is 20.9 Å². The summed E-state index contributed by atoms with van der Waals surface area (Å²) in [5, 5.41) is 23.1. The summed E-state index contributed by atoms with van der Waals surface area (Å²) in [6.07, 6.45) is 12.8. The topological polar surface area (TPSA) is 122 Å². The molecule has 11 heteroatoms. The van der Waals surface area contributed by atoms with Gasteiger partial charge in [-0.25, -0.2) is 0 Å². The fraction of sp³-hybridized carbons (Fsp3) is 0.538. The van der Waals surface area contributed by atoms with Crippen LogP contribution in [-0.2, 0) is 20.7 Å². The molecule has 0 spiro atoms. The predicted molar refractivity (Wildman–Crippen MR) is 210 cm³/mol. The molecule has 2 aromatic rings. The zero-order valence-electron chi connectivity index (χ0n) is 30.8. The van der Waals surface area contributed by atoms with Crippen molar-refractivity contribution in [3.8, 4) is 5.75 Å². The molecule has 0 radical (unpaired) electrons. The third-order valence-corrected chi connectivity index (χ3v) is 9.33. The maximum Gasteiger partial charge on any atom is 0.313 e. The molecule has 1 aromatic heterocycles. The average Bonchev–Trinajstić information content (AvgIpc) is 3.06. The van der Waals surface area contributed by atoms with Gasteiger partial charge in [0.05, 0.1) is 23.7 Å². The number of aliphatic hydroxyl groups excluding tert-OH is 1. The minimum Gasteiger partial charge on any atom is -0.495 e. The van der Waals surface area contributed by atoms with E-state index in [-0.39, 0.29) is 29.9 Å². The van der Waals surface area contributed by atoms with Crippen molar-refractivity contribution in [3.05, 3.63) is 77.1 Å². The monoisotopic (exact) mass is 730 g/mol. The summed E-state index contributed by atoms with van der Waals surface area (Å²) >= 11 is 7.45. The Bertz CT molecular complexity index is 1390. The van der Waals surface area contributed by atoms with Crippen molar-refractivity contribution in [2.75, 3.05) is 39.0 Å². The molecule has 0 saturated heterocycles. The van der Waals surface area contributed by atoms with E-state index in [1.54, 1.807) is 19.5 Å². The Morgan fingerprint density at radius 1 is 1.16 bits per heavy atom.